The van der Waals surface area contributed by atoms with Gasteiger partial charge in [-0.1, -0.05) is 27.2 Å². The summed E-state index contributed by atoms with van der Waals surface area (Å²) in [7, 11) is 0. The minimum absolute atomic E-state index is 0.394. The van der Waals surface area contributed by atoms with Crippen LogP contribution in [0.1, 0.15) is 72.1 Å². The third-order valence-corrected chi connectivity index (χ3v) is 5.96. The third kappa shape index (κ3) is 2.98. The van der Waals surface area contributed by atoms with Crippen molar-refractivity contribution < 1.29 is 9.90 Å². The predicted molar refractivity (Wildman–Crippen MR) is 78.0 cm³/mol. The van der Waals surface area contributed by atoms with Crippen molar-refractivity contribution in [2.45, 2.75) is 72.1 Å². The summed E-state index contributed by atoms with van der Waals surface area (Å²) in [5.74, 6) is 2.09. The van der Waals surface area contributed by atoms with E-state index in [9.17, 15) is 9.90 Å². The summed E-state index contributed by atoms with van der Waals surface area (Å²) in [6.07, 6.45) is 8.86. The van der Waals surface area contributed by atoms with Gasteiger partial charge in [-0.05, 0) is 68.6 Å². The lowest BCUT2D eigenvalue weighted by Crippen LogP contribution is -2.44. The van der Waals surface area contributed by atoms with E-state index in [4.69, 9.17) is 0 Å². The Morgan fingerprint density at radius 1 is 1.11 bits per heavy atom. The summed E-state index contributed by atoms with van der Waals surface area (Å²) in [5.41, 5.74) is -0.394. The second-order valence-electron chi connectivity index (χ2n) is 7.43. The first-order valence-electron chi connectivity index (χ1n) is 8.21. The first kappa shape index (κ1) is 14.9. The maximum Gasteiger partial charge on any atom is 0.309 e. The zero-order valence-corrected chi connectivity index (χ0v) is 12.8. The zero-order chi connectivity index (χ0) is 14.0. The van der Waals surface area contributed by atoms with Crippen molar-refractivity contribution in [1.29, 1.82) is 0 Å². The Morgan fingerprint density at radius 2 is 1.63 bits per heavy atom. The Balaban J connectivity index is 2.13. The van der Waals surface area contributed by atoms with Gasteiger partial charge in [0, 0.05) is 0 Å². The van der Waals surface area contributed by atoms with E-state index in [1.54, 1.807) is 0 Å². The van der Waals surface area contributed by atoms with Crippen LogP contribution in [0.2, 0.25) is 0 Å². The Kier molecular flexibility index (Phi) is 4.58. The van der Waals surface area contributed by atoms with E-state index in [2.05, 4.69) is 20.8 Å². The van der Waals surface area contributed by atoms with Gasteiger partial charge >= 0.3 is 5.97 Å². The quantitative estimate of drug-likeness (QED) is 0.801. The molecule has 0 aliphatic heterocycles. The van der Waals surface area contributed by atoms with Gasteiger partial charge in [-0.25, -0.2) is 0 Å². The molecule has 2 aliphatic rings. The number of rotatable bonds is 3. The van der Waals surface area contributed by atoms with Crippen molar-refractivity contribution in [1.82, 2.24) is 0 Å². The molecule has 0 radical (unpaired) electrons. The number of carbonyl (C=O) groups is 1. The van der Waals surface area contributed by atoms with Gasteiger partial charge in [-0.2, -0.15) is 0 Å². The number of carboxylic acid groups (broad SMARTS) is 1. The number of hydrogen-bond acceptors (Lipinski definition) is 1. The molecule has 2 heteroatoms. The zero-order valence-electron chi connectivity index (χ0n) is 12.8. The first-order valence-corrected chi connectivity index (χ1v) is 8.21. The molecule has 2 atom stereocenters. The molecule has 2 nitrogen and oxygen atoms in total. The van der Waals surface area contributed by atoms with Crippen molar-refractivity contribution in [2.24, 2.45) is 29.1 Å². The van der Waals surface area contributed by atoms with Crippen LogP contribution in [0.3, 0.4) is 0 Å². The predicted octanol–water partition coefficient (Wildman–Crippen LogP) is 4.73. The minimum Gasteiger partial charge on any atom is -0.481 e. The van der Waals surface area contributed by atoms with Gasteiger partial charge in [-0.15, -0.1) is 0 Å². The molecule has 110 valence electrons. The molecule has 0 saturated heterocycles. The van der Waals surface area contributed by atoms with Gasteiger partial charge in [0.05, 0.1) is 5.41 Å². The van der Waals surface area contributed by atoms with Crippen LogP contribution >= 0.6 is 0 Å². The van der Waals surface area contributed by atoms with Crippen molar-refractivity contribution in [2.75, 3.05) is 0 Å². The number of aliphatic carboxylic acids is 1. The summed E-state index contributed by atoms with van der Waals surface area (Å²) in [6, 6.07) is 0. The smallest absolute Gasteiger partial charge is 0.309 e. The molecular formula is C17H30O2. The monoisotopic (exact) mass is 266 g/mol. The fraction of sp³-hybridized carbons (Fsp3) is 0.941. The van der Waals surface area contributed by atoms with Gasteiger partial charge in [0.25, 0.3) is 0 Å². The summed E-state index contributed by atoms with van der Waals surface area (Å²) in [4.78, 5) is 12.0. The van der Waals surface area contributed by atoms with Crippen LogP contribution in [-0.4, -0.2) is 11.1 Å². The highest BCUT2D eigenvalue weighted by atomic mass is 16.4. The van der Waals surface area contributed by atoms with Gasteiger partial charge in [0.15, 0.2) is 0 Å². The Bertz CT molecular complexity index is 305. The average molecular weight is 266 g/mol. The molecule has 2 aliphatic carbocycles. The molecular weight excluding hydrogens is 236 g/mol. The Morgan fingerprint density at radius 3 is 2.05 bits per heavy atom. The normalized spacial score (nSPS) is 43.9. The molecule has 1 N–H and O–H groups in total. The molecule has 0 spiro atoms. The topological polar surface area (TPSA) is 37.3 Å². The Hall–Kier alpha value is -0.530. The SMILES string of the molecule is CCC1CCC(C(=O)O)(C2CC(C)CC(C)C2)CC1. The molecule has 2 fully saturated rings. The Labute approximate surface area is 118 Å². The lowest BCUT2D eigenvalue weighted by atomic mass is 9.57. The van der Waals surface area contributed by atoms with Crippen LogP contribution in [0.5, 0.6) is 0 Å². The second kappa shape index (κ2) is 5.85. The maximum absolute atomic E-state index is 12.0. The summed E-state index contributed by atoms with van der Waals surface area (Å²) >= 11 is 0. The van der Waals surface area contributed by atoms with Crippen molar-refractivity contribution in [3.05, 3.63) is 0 Å². The van der Waals surface area contributed by atoms with Gasteiger partial charge in [0.1, 0.15) is 0 Å². The van der Waals surface area contributed by atoms with Gasteiger partial charge in [-0.3, -0.25) is 4.79 Å². The molecule has 0 bridgehead atoms. The van der Waals surface area contributed by atoms with Crippen LogP contribution < -0.4 is 0 Å². The summed E-state index contributed by atoms with van der Waals surface area (Å²) in [5, 5.41) is 9.87. The fourth-order valence-corrected chi connectivity index (χ4v) is 4.80. The molecule has 0 heterocycles. The highest BCUT2D eigenvalue weighted by Gasteiger charge is 2.49. The highest BCUT2D eigenvalue weighted by molar-refractivity contribution is 5.75. The maximum atomic E-state index is 12.0. The van der Waals surface area contributed by atoms with E-state index >= 15 is 0 Å². The van der Waals surface area contributed by atoms with E-state index in [1.807, 2.05) is 0 Å². The van der Waals surface area contributed by atoms with Crippen LogP contribution in [0.4, 0.5) is 0 Å². The van der Waals surface area contributed by atoms with Crippen molar-refractivity contribution >= 4 is 5.97 Å². The van der Waals surface area contributed by atoms with E-state index < -0.39 is 11.4 Å². The van der Waals surface area contributed by atoms with Crippen LogP contribution in [0.15, 0.2) is 0 Å². The fourth-order valence-electron chi connectivity index (χ4n) is 4.80. The third-order valence-electron chi connectivity index (χ3n) is 5.96. The standard InChI is InChI=1S/C17H30O2/c1-4-14-5-7-17(8-6-14,16(18)19)15-10-12(2)9-13(3)11-15/h12-15H,4-11H2,1-3H3,(H,18,19). The second-order valence-corrected chi connectivity index (χ2v) is 7.43. The molecule has 0 aromatic carbocycles. The number of carboxylic acids is 1. The molecule has 2 rings (SSSR count). The van der Waals surface area contributed by atoms with E-state index in [0.29, 0.717) is 17.8 Å². The molecule has 2 unspecified atom stereocenters. The highest BCUT2D eigenvalue weighted by Crippen LogP contribution is 2.52. The van der Waals surface area contributed by atoms with Crippen molar-refractivity contribution in [3.8, 4) is 0 Å². The summed E-state index contributed by atoms with van der Waals surface area (Å²) < 4.78 is 0. The molecule has 0 aromatic rings. The summed E-state index contributed by atoms with van der Waals surface area (Å²) in [6.45, 7) is 6.84. The van der Waals surface area contributed by atoms with E-state index in [-0.39, 0.29) is 0 Å². The lowest BCUT2D eigenvalue weighted by Gasteiger charge is -2.46. The van der Waals surface area contributed by atoms with Gasteiger partial charge < -0.3 is 5.11 Å². The molecule has 19 heavy (non-hydrogen) atoms. The van der Waals surface area contributed by atoms with Crippen LogP contribution in [0, 0.1) is 29.1 Å². The largest absolute Gasteiger partial charge is 0.481 e. The average Bonchev–Trinajstić information content (AvgIpc) is 2.37. The van der Waals surface area contributed by atoms with Crippen LogP contribution in [-0.2, 0) is 4.79 Å². The first-order chi connectivity index (χ1) is 8.98. The number of hydrogen-bond donors (Lipinski definition) is 1. The van der Waals surface area contributed by atoms with E-state index in [1.165, 1.54) is 12.8 Å². The van der Waals surface area contributed by atoms with E-state index in [0.717, 1.165) is 44.4 Å². The van der Waals surface area contributed by atoms with Crippen LogP contribution in [0.25, 0.3) is 0 Å². The minimum atomic E-state index is -0.506. The lowest BCUT2D eigenvalue weighted by molar-refractivity contribution is -0.158. The van der Waals surface area contributed by atoms with Gasteiger partial charge in [0.2, 0.25) is 0 Å². The molecule has 0 amide bonds. The molecule has 0 aromatic heterocycles. The van der Waals surface area contributed by atoms with Crippen molar-refractivity contribution in [3.63, 3.8) is 0 Å². The molecule has 2 saturated carbocycles.